The molecule has 6 nitrogen and oxygen atoms in total. The molecule has 0 radical (unpaired) electrons. The lowest BCUT2D eigenvalue weighted by Gasteiger charge is -2.35. The lowest BCUT2D eigenvalue weighted by molar-refractivity contribution is -0.0202. The number of aryl methyl sites for hydroxylation is 2. The first-order chi connectivity index (χ1) is 11.8. The van der Waals surface area contributed by atoms with Gasteiger partial charge in [0.05, 0.1) is 6.54 Å². The van der Waals surface area contributed by atoms with Crippen LogP contribution in [0.1, 0.15) is 22.6 Å². The van der Waals surface area contributed by atoms with E-state index in [2.05, 4.69) is 5.10 Å². The molecule has 1 saturated heterocycles. The molecule has 0 bridgehead atoms. The van der Waals surface area contributed by atoms with Gasteiger partial charge >= 0.3 is 0 Å². The maximum Gasteiger partial charge on any atom is 0.274 e. The van der Waals surface area contributed by atoms with Crippen molar-refractivity contribution in [2.45, 2.75) is 25.6 Å². The Kier molecular flexibility index (Phi) is 4.71. The van der Waals surface area contributed by atoms with Gasteiger partial charge in [0, 0.05) is 43.9 Å². The third kappa shape index (κ3) is 3.79. The van der Waals surface area contributed by atoms with Crippen molar-refractivity contribution >= 4 is 5.91 Å². The van der Waals surface area contributed by atoms with E-state index >= 15 is 0 Å². The van der Waals surface area contributed by atoms with Gasteiger partial charge < -0.3 is 14.7 Å². The minimum Gasteiger partial charge on any atom is -0.487 e. The molecule has 0 unspecified atom stereocenters. The zero-order valence-corrected chi connectivity index (χ0v) is 13.9. The second-order valence-corrected chi connectivity index (χ2v) is 6.16. The summed E-state index contributed by atoms with van der Waals surface area (Å²) in [5.74, 6) is -1.75. The Morgan fingerprint density at radius 2 is 1.96 bits per heavy atom. The molecule has 1 aromatic heterocycles. The van der Waals surface area contributed by atoms with E-state index in [1.807, 2.05) is 6.92 Å². The van der Waals surface area contributed by atoms with Crippen LogP contribution in [0.3, 0.4) is 0 Å². The van der Waals surface area contributed by atoms with Crippen molar-refractivity contribution in [1.29, 1.82) is 0 Å². The number of aliphatic hydroxyl groups excluding tert-OH is 1. The van der Waals surface area contributed by atoms with E-state index in [0.717, 1.165) is 23.9 Å². The molecule has 0 spiro atoms. The largest absolute Gasteiger partial charge is 0.487 e. The highest BCUT2D eigenvalue weighted by molar-refractivity contribution is 5.92. The molecule has 2 aromatic rings. The number of ether oxygens (including phenoxy) is 1. The summed E-state index contributed by atoms with van der Waals surface area (Å²) in [5.41, 5.74) is 1.18. The normalized spacial score (nSPS) is 20.6. The monoisotopic (exact) mass is 351 g/mol. The number of benzene rings is 1. The molecule has 2 atom stereocenters. The van der Waals surface area contributed by atoms with E-state index in [9.17, 15) is 18.7 Å². The zero-order valence-electron chi connectivity index (χ0n) is 13.9. The van der Waals surface area contributed by atoms with Crippen molar-refractivity contribution in [3.05, 3.63) is 47.3 Å². The molecule has 1 aliphatic heterocycles. The molecule has 8 heteroatoms. The minimum atomic E-state index is -0.964. The molecule has 2 heterocycles. The highest BCUT2D eigenvalue weighted by Gasteiger charge is 2.33. The minimum absolute atomic E-state index is 0.0154. The molecule has 1 N–H and O–H groups in total. The second kappa shape index (κ2) is 6.79. The molecule has 1 amide bonds. The van der Waals surface area contributed by atoms with Gasteiger partial charge in [-0.3, -0.25) is 9.48 Å². The van der Waals surface area contributed by atoms with Crippen LogP contribution in [-0.4, -0.2) is 51.0 Å². The van der Waals surface area contributed by atoms with Crippen molar-refractivity contribution in [3.8, 4) is 5.75 Å². The summed E-state index contributed by atoms with van der Waals surface area (Å²) in [4.78, 5) is 14.0. The molecule has 134 valence electrons. The van der Waals surface area contributed by atoms with Crippen LogP contribution in [0.5, 0.6) is 5.75 Å². The summed E-state index contributed by atoms with van der Waals surface area (Å²) in [6.45, 7) is 2.27. The smallest absolute Gasteiger partial charge is 0.274 e. The van der Waals surface area contributed by atoms with Gasteiger partial charge in [-0.15, -0.1) is 0 Å². The van der Waals surface area contributed by atoms with E-state index in [1.54, 1.807) is 17.8 Å². The Balaban J connectivity index is 1.65. The molecule has 0 aliphatic carbocycles. The van der Waals surface area contributed by atoms with E-state index in [4.69, 9.17) is 4.74 Å². The number of carbonyl (C=O) groups excluding carboxylic acids is 1. The molecule has 1 aliphatic rings. The Morgan fingerprint density at radius 3 is 2.52 bits per heavy atom. The lowest BCUT2D eigenvalue weighted by Crippen LogP contribution is -2.51. The number of carbonyl (C=O) groups is 1. The van der Waals surface area contributed by atoms with Gasteiger partial charge in [-0.2, -0.15) is 5.10 Å². The summed E-state index contributed by atoms with van der Waals surface area (Å²) in [6, 6.07) is 4.56. The second-order valence-electron chi connectivity index (χ2n) is 6.16. The predicted octanol–water partition coefficient (Wildman–Crippen LogP) is 1.66. The standard InChI is InChI=1S/C17H19F2N3O3/c1-10-5-14(20-21(10)2)17(24)22-4-3-16(15(23)9-22)25-13-7-11(18)6-12(19)8-13/h5-8,15-16,23H,3-4,9H2,1-2H3/t15-,16-/m1/s1. The van der Waals surface area contributed by atoms with E-state index in [-0.39, 0.29) is 18.2 Å². The van der Waals surface area contributed by atoms with Crippen LogP contribution in [-0.2, 0) is 7.05 Å². The van der Waals surface area contributed by atoms with Crippen LogP contribution in [0.2, 0.25) is 0 Å². The van der Waals surface area contributed by atoms with Gasteiger partial charge in [0.1, 0.15) is 29.6 Å². The fourth-order valence-corrected chi connectivity index (χ4v) is 2.83. The zero-order chi connectivity index (χ0) is 18.1. The van der Waals surface area contributed by atoms with Crippen molar-refractivity contribution in [3.63, 3.8) is 0 Å². The van der Waals surface area contributed by atoms with Crippen molar-refractivity contribution in [2.75, 3.05) is 13.1 Å². The topological polar surface area (TPSA) is 67.6 Å². The Morgan fingerprint density at radius 1 is 1.28 bits per heavy atom. The first-order valence-electron chi connectivity index (χ1n) is 7.94. The average Bonchev–Trinajstić information content (AvgIpc) is 2.87. The maximum absolute atomic E-state index is 13.2. The van der Waals surface area contributed by atoms with Crippen molar-refractivity contribution < 1.29 is 23.4 Å². The van der Waals surface area contributed by atoms with Gasteiger partial charge in [0.25, 0.3) is 5.91 Å². The molecule has 0 saturated carbocycles. The van der Waals surface area contributed by atoms with Crippen LogP contribution in [0, 0.1) is 18.6 Å². The fourth-order valence-electron chi connectivity index (χ4n) is 2.83. The van der Waals surface area contributed by atoms with Crippen LogP contribution in [0.15, 0.2) is 24.3 Å². The SMILES string of the molecule is Cc1cc(C(=O)N2CC[C@@H](Oc3cc(F)cc(F)c3)[C@H](O)C2)nn1C. The number of amides is 1. The first kappa shape index (κ1) is 17.3. The van der Waals surface area contributed by atoms with Crippen LogP contribution < -0.4 is 4.74 Å². The number of hydrogen-bond acceptors (Lipinski definition) is 4. The number of β-amino-alcohol motifs (C(OH)–C–C–N with tert-alkyl or cyclic N) is 1. The van der Waals surface area contributed by atoms with Gasteiger partial charge in [0.15, 0.2) is 5.69 Å². The third-order valence-corrected chi connectivity index (χ3v) is 4.26. The van der Waals surface area contributed by atoms with Crippen LogP contribution >= 0.6 is 0 Å². The predicted molar refractivity (Wildman–Crippen MR) is 85.2 cm³/mol. The number of aliphatic hydroxyl groups is 1. The highest BCUT2D eigenvalue weighted by Crippen LogP contribution is 2.22. The van der Waals surface area contributed by atoms with Gasteiger partial charge in [0.2, 0.25) is 0 Å². The Labute approximate surface area is 143 Å². The Bertz CT molecular complexity index is 754. The number of halogens is 2. The maximum atomic E-state index is 13.2. The number of likely N-dealkylation sites (tertiary alicyclic amines) is 1. The number of piperidine rings is 1. The number of hydrogen-bond donors (Lipinski definition) is 1. The van der Waals surface area contributed by atoms with Crippen molar-refractivity contribution in [1.82, 2.24) is 14.7 Å². The van der Waals surface area contributed by atoms with Gasteiger partial charge in [-0.25, -0.2) is 8.78 Å². The summed E-state index contributed by atoms with van der Waals surface area (Å²) >= 11 is 0. The summed E-state index contributed by atoms with van der Waals surface area (Å²) in [7, 11) is 1.75. The van der Waals surface area contributed by atoms with Gasteiger partial charge in [-0.1, -0.05) is 0 Å². The highest BCUT2D eigenvalue weighted by atomic mass is 19.1. The summed E-state index contributed by atoms with van der Waals surface area (Å²) in [6.07, 6.45) is -1.26. The summed E-state index contributed by atoms with van der Waals surface area (Å²) in [5, 5.41) is 14.4. The lowest BCUT2D eigenvalue weighted by atomic mass is 10.0. The molecular formula is C17H19F2N3O3. The molecule has 3 rings (SSSR count). The van der Waals surface area contributed by atoms with Crippen molar-refractivity contribution in [2.24, 2.45) is 7.05 Å². The molecule has 1 aromatic carbocycles. The van der Waals surface area contributed by atoms with Crippen LogP contribution in [0.4, 0.5) is 8.78 Å². The molecular weight excluding hydrogens is 332 g/mol. The number of nitrogens with zero attached hydrogens (tertiary/aromatic N) is 3. The molecule has 25 heavy (non-hydrogen) atoms. The quantitative estimate of drug-likeness (QED) is 0.913. The Hall–Kier alpha value is -2.48. The van der Waals surface area contributed by atoms with E-state index in [0.29, 0.717) is 18.7 Å². The van der Waals surface area contributed by atoms with E-state index in [1.165, 1.54) is 4.90 Å². The van der Waals surface area contributed by atoms with Crippen LogP contribution in [0.25, 0.3) is 0 Å². The van der Waals surface area contributed by atoms with E-state index < -0.39 is 23.8 Å². The molecule has 1 fully saturated rings. The number of rotatable bonds is 3. The fraction of sp³-hybridized carbons (Fsp3) is 0.412. The van der Waals surface area contributed by atoms with Gasteiger partial charge in [-0.05, 0) is 13.0 Å². The first-order valence-corrected chi connectivity index (χ1v) is 7.94. The average molecular weight is 351 g/mol. The summed E-state index contributed by atoms with van der Waals surface area (Å²) < 4.78 is 33.6. The third-order valence-electron chi connectivity index (χ3n) is 4.26. The number of aromatic nitrogens is 2.